The molecule has 3 aliphatic rings. The van der Waals surface area contributed by atoms with Gasteiger partial charge in [-0.25, -0.2) is 0 Å². The van der Waals surface area contributed by atoms with Gasteiger partial charge < -0.3 is 14.7 Å². The molecule has 3 aliphatic heterocycles. The molecule has 0 radical (unpaired) electrons. The van der Waals surface area contributed by atoms with Crippen LogP contribution in [0.25, 0.3) is 0 Å². The lowest BCUT2D eigenvalue weighted by Gasteiger charge is -2.39. The molecular formula is C15H24N2O4. The summed E-state index contributed by atoms with van der Waals surface area (Å²) in [6, 6.07) is -0.0161. The molecule has 6 nitrogen and oxygen atoms in total. The van der Waals surface area contributed by atoms with Crippen LogP contribution in [0.15, 0.2) is 0 Å². The Labute approximate surface area is 125 Å². The Morgan fingerprint density at radius 2 is 1.76 bits per heavy atom. The molecule has 3 fully saturated rings. The molecule has 2 atom stereocenters. The van der Waals surface area contributed by atoms with Gasteiger partial charge in [0, 0.05) is 25.7 Å². The van der Waals surface area contributed by atoms with E-state index in [1.54, 1.807) is 0 Å². The number of carboxylic acid groups (broad SMARTS) is 1. The first-order valence-corrected chi connectivity index (χ1v) is 8.06. The molecule has 118 valence electrons. The minimum absolute atomic E-state index is 0.127. The first-order chi connectivity index (χ1) is 10.2. The number of likely N-dealkylation sites (tertiary alicyclic amines) is 2. The summed E-state index contributed by atoms with van der Waals surface area (Å²) in [7, 11) is 0. The van der Waals surface area contributed by atoms with Crippen LogP contribution in [-0.4, -0.2) is 71.2 Å². The highest BCUT2D eigenvalue weighted by Gasteiger charge is 2.38. The van der Waals surface area contributed by atoms with E-state index in [4.69, 9.17) is 4.74 Å². The third kappa shape index (κ3) is 3.06. The lowest BCUT2D eigenvalue weighted by Crippen LogP contribution is -2.51. The fourth-order valence-corrected chi connectivity index (χ4v) is 3.89. The van der Waals surface area contributed by atoms with Gasteiger partial charge in [0.05, 0.1) is 0 Å². The third-order valence-corrected chi connectivity index (χ3v) is 5.03. The molecule has 0 saturated carbocycles. The molecule has 21 heavy (non-hydrogen) atoms. The third-order valence-electron chi connectivity index (χ3n) is 5.03. The molecule has 0 spiro atoms. The molecule has 1 amide bonds. The molecule has 0 aromatic carbocycles. The number of rotatable bonds is 3. The highest BCUT2D eigenvalue weighted by Crippen LogP contribution is 2.27. The van der Waals surface area contributed by atoms with Crippen LogP contribution in [-0.2, 0) is 14.3 Å². The zero-order valence-corrected chi connectivity index (χ0v) is 12.4. The second-order valence-electron chi connectivity index (χ2n) is 6.29. The summed E-state index contributed by atoms with van der Waals surface area (Å²) in [5.74, 6) is -0.576. The Bertz CT molecular complexity index is 400. The number of aliphatic carboxylic acids is 1. The number of hydrogen-bond acceptors (Lipinski definition) is 4. The molecule has 0 aromatic heterocycles. The van der Waals surface area contributed by atoms with Crippen LogP contribution >= 0.6 is 0 Å². The molecule has 3 saturated heterocycles. The maximum Gasteiger partial charge on any atom is 0.320 e. The summed E-state index contributed by atoms with van der Waals surface area (Å²) in [4.78, 5) is 27.6. The van der Waals surface area contributed by atoms with Crippen LogP contribution in [0.3, 0.4) is 0 Å². The van der Waals surface area contributed by atoms with E-state index in [9.17, 15) is 14.7 Å². The lowest BCUT2D eigenvalue weighted by atomic mass is 10.0. The Morgan fingerprint density at radius 1 is 1.00 bits per heavy atom. The van der Waals surface area contributed by atoms with Gasteiger partial charge in [-0.15, -0.1) is 0 Å². The SMILES string of the molecule is O=C(O)C1CCCN1C1CCN(C(=O)[C@H]2CCCO2)CC1. The van der Waals surface area contributed by atoms with E-state index in [1.807, 2.05) is 4.90 Å². The van der Waals surface area contributed by atoms with Crippen LogP contribution in [0.5, 0.6) is 0 Å². The van der Waals surface area contributed by atoms with E-state index in [1.165, 1.54) is 0 Å². The minimum atomic E-state index is -0.703. The molecule has 0 aromatic rings. The highest BCUT2D eigenvalue weighted by atomic mass is 16.5. The minimum Gasteiger partial charge on any atom is -0.480 e. The van der Waals surface area contributed by atoms with Crippen molar-refractivity contribution in [3.05, 3.63) is 0 Å². The Balaban J connectivity index is 1.52. The Morgan fingerprint density at radius 3 is 2.38 bits per heavy atom. The second kappa shape index (κ2) is 6.32. The molecule has 3 rings (SSSR count). The van der Waals surface area contributed by atoms with Crippen molar-refractivity contribution in [3.63, 3.8) is 0 Å². The normalized spacial score (nSPS) is 31.7. The molecular weight excluding hydrogens is 272 g/mol. The Hall–Kier alpha value is -1.14. The van der Waals surface area contributed by atoms with Crippen molar-refractivity contribution in [2.45, 2.75) is 56.7 Å². The Kier molecular flexibility index (Phi) is 4.45. The van der Waals surface area contributed by atoms with Crippen LogP contribution in [0, 0.1) is 0 Å². The van der Waals surface area contributed by atoms with Gasteiger partial charge in [0.15, 0.2) is 0 Å². The number of carbonyl (C=O) groups excluding carboxylic acids is 1. The fourth-order valence-electron chi connectivity index (χ4n) is 3.89. The van der Waals surface area contributed by atoms with Crippen LogP contribution in [0.2, 0.25) is 0 Å². The smallest absolute Gasteiger partial charge is 0.320 e. The molecule has 1 unspecified atom stereocenters. The number of carbonyl (C=O) groups is 2. The van der Waals surface area contributed by atoms with Gasteiger partial charge in [-0.05, 0) is 45.1 Å². The first kappa shape index (κ1) is 14.8. The van der Waals surface area contributed by atoms with E-state index in [2.05, 4.69) is 4.90 Å². The standard InChI is InChI=1S/C15H24N2O4/c18-14(13-4-2-10-21-13)16-8-5-11(6-9-16)17-7-1-3-12(17)15(19)20/h11-13H,1-10H2,(H,19,20)/t12?,13-/m1/s1. The van der Waals surface area contributed by atoms with Crippen molar-refractivity contribution in [2.75, 3.05) is 26.2 Å². The second-order valence-corrected chi connectivity index (χ2v) is 6.29. The predicted octanol–water partition coefficient (Wildman–Crippen LogP) is 0.705. The maximum absolute atomic E-state index is 12.3. The maximum atomic E-state index is 12.3. The van der Waals surface area contributed by atoms with Crippen molar-refractivity contribution in [1.29, 1.82) is 0 Å². The van der Waals surface area contributed by atoms with Gasteiger partial charge in [0.2, 0.25) is 0 Å². The quantitative estimate of drug-likeness (QED) is 0.830. The number of hydrogen-bond donors (Lipinski definition) is 1. The van der Waals surface area contributed by atoms with Crippen LogP contribution in [0.4, 0.5) is 0 Å². The van der Waals surface area contributed by atoms with Crippen molar-refractivity contribution in [2.24, 2.45) is 0 Å². The van der Waals surface area contributed by atoms with Crippen molar-refractivity contribution < 1.29 is 19.4 Å². The highest BCUT2D eigenvalue weighted by molar-refractivity contribution is 5.81. The largest absolute Gasteiger partial charge is 0.480 e. The van der Waals surface area contributed by atoms with Gasteiger partial charge in [-0.2, -0.15) is 0 Å². The summed E-state index contributed by atoms with van der Waals surface area (Å²) < 4.78 is 5.46. The number of amides is 1. The molecule has 1 N–H and O–H groups in total. The zero-order valence-electron chi connectivity index (χ0n) is 12.4. The number of carboxylic acids is 1. The predicted molar refractivity (Wildman–Crippen MR) is 75.9 cm³/mol. The fraction of sp³-hybridized carbons (Fsp3) is 0.867. The topological polar surface area (TPSA) is 70.1 Å². The van der Waals surface area contributed by atoms with E-state index in [0.29, 0.717) is 12.6 Å². The van der Waals surface area contributed by atoms with E-state index in [0.717, 1.165) is 58.2 Å². The van der Waals surface area contributed by atoms with Crippen molar-refractivity contribution in [1.82, 2.24) is 9.80 Å². The number of nitrogens with zero attached hydrogens (tertiary/aromatic N) is 2. The molecule has 0 aliphatic carbocycles. The number of piperidine rings is 1. The van der Waals surface area contributed by atoms with Gasteiger partial charge in [-0.1, -0.05) is 0 Å². The van der Waals surface area contributed by atoms with Crippen molar-refractivity contribution >= 4 is 11.9 Å². The van der Waals surface area contributed by atoms with Gasteiger partial charge in [-0.3, -0.25) is 14.5 Å². The van der Waals surface area contributed by atoms with Gasteiger partial charge in [0.1, 0.15) is 12.1 Å². The van der Waals surface area contributed by atoms with Crippen LogP contribution in [0.1, 0.15) is 38.5 Å². The first-order valence-electron chi connectivity index (χ1n) is 8.06. The van der Waals surface area contributed by atoms with E-state index < -0.39 is 5.97 Å². The molecule has 3 heterocycles. The summed E-state index contributed by atoms with van der Waals surface area (Å²) in [6.07, 6.45) is 5.05. The number of ether oxygens (including phenoxy) is 1. The van der Waals surface area contributed by atoms with Gasteiger partial charge in [0.25, 0.3) is 5.91 Å². The average Bonchev–Trinajstić information content (AvgIpc) is 3.18. The van der Waals surface area contributed by atoms with Gasteiger partial charge >= 0.3 is 5.97 Å². The summed E-state index contributed by atoms with van der Waals surface area (Å²) >= 11 is 0. The monoisotopic (exact) mass is 296 g/mol. The molecule has 6 heteroatoms. The summed E-state index contributed by atoms with van der Waals surface area (Å²) in [6.45, 7) is 3.03. The van der Waals surface area contributed by atoms with E-state index in [-0.39, 0.29) is 18.1 Å². The average molecular weight is 296 g/mol. The zero-order chi connectivity index (χ0) is 14.8. The molecule has 0 bridgehead atoms. The summed E-state index contributed by atoms with van der Waals surface area (Å²) in [5.41, 5.74) is 0. The van der Waals surface area contributed by atoms with Crippen LogP contribution < -0.4 is 0 Å². The lowest BCUT2D eigenvalue weighted by molar-refractivity contribution is -0.146. The van der Waals surface area contributed by atoms with Crippen molar-refractivity contribution in [3.8, 4) is 0 Å². The summed E-state index contributed by atoms with van der Waals surface area (Å²) in [5, 5.41) is 9.28. The van der Waals surface area contributed by atoms with E-state index >= 15 is 0 Å².